The van der Waals surface area contributed by atoms with Crippen LogP contribution in [0.1, 0.15) is 0 Å². The molecule has 0 atom stereocenters. The Morgan fingerprint density at radius 2 is 0.453 bits per heavy atom. The summed E-state index contributed by atoms with van der Waals surface area (Å²) in [5.74, 6) is 0. The summed E-state index contributed by atoms with van der Waals surface area (Å²) in [4.78, 5) is 4.86. The molecular weight excluding hydrogens is 771 g/mol. The van der Waals surface area contributed by atoms with Crippen molar-refractivity contribution in [3.63, 3.8) is 0 Å². The van der Waals surface area contributed by atoms with E-state index in [9.17, 15) is 0 Å². The fourth-order valence-corrected chi connectivity index (χ4v) is 8.98. The van der Waals surface area contributed by atoms with Gasteiger partial charge in [-0.2, -0.15) is 0 Å². The number of nitrogens with zero attached hydrogens (tertiary/aromatic N) is 1. The molecule has 0 aliphatic carbocycles. The van der Waals surface area contributed by atoms with Gasteiger partial charge in [0.05, 0.1) is 5.69 Å². The smallest absolute Gasteiger partial charge is 0.0780 e. The van der Waals surface area contributed by atoms with E-state index in [2.05, 4.69) is 255 Å². The van der Waals surface area contributed by atoms with Crippen LogP contribution < -0.4 is 0 Å². The van der Waals surface area contributed by atoms with Crippen molar-refractivity contribution in [3.8, 4) is 100 Å². The van der Waals surface area contributed by atoms with Gasteiger partial charge in [0.25, 0.3) is 0 Å². The van der Waals surface area contributed by atoms with E-state index in [1.54, 1.807) is 0 Å². The van der Waals surface area contributed by atoms with E-state index in [1.807, 2.05) is 6.20 Å². The molecule has 1 heteroatoms. The third kappa shape index (κ3) is 7.95. The number of benzene rings is 10. The van der Waals surface area contributed by atoms with Crippen LogP contribution >= 0.6 is 0 Å². The maximum Gasteiger partial charge on any atom is 0.0780 e. The molecule has 10 aromatic carbocycles. The molecule has 1 aromatic heterocycles. The van der Waals surface area contributed by atoms with E-state index >= 15 is 0 Å². The molecule has 0 saturated heterocycles. The molecule has 0 spiro atoms. The zero-order valence-electron chi connectivity index (χ0n) is 35.3. The molecule has 0 unspecified atom stereocenters. The average molecular weight is 814 g/mol. The summed E-state index contributed by atoms with van der Waals surface area (Å²) in [6.07, 6.45) is 1.91. The van der Waals surface area contributed by atoms with Gasteiger partial charge in [-0.1, -0.05) is 182 Å². The van der Waals surface area contributed by atoms with Gasteiger partial charge in [-0.3, -0.25) is 4.98 Å². The molecule has 0 saturated carbocycles. The lowest BCUT2D eigenvalue weighted by atomic mass is 9.88. The zero-order chi connectivity index (χ0) is 42.7. The van der Waals surface area contributed by atoms with Crippen LogP contribution in [0.3, 0.4) is 0 Å². The Morgan fingerprint density at radius 1 is 0.188 bits per heavy atom. The van der Waals surface area contributed by atoms with Crippen molar-refractivity contribution in [1.29, 1.82) is 0 Å². The van der Waals surface area contributed by atoms with E-state index in [0.29, 0.717) is 0 Å². The van der Waals surface area contributed by atoms with Gasteiger partial charge < -0.3 is 0 Å². The summed E-state index contributed by atoms with van der Waals surface area (Å²) in [6.45, 7) is 0. The minimum Gasteiger partial charge on any atom is -0.256 e. The van der Waals surface area contributed by atoms with Crippen molar-refractivity contribution in [2.45, 2.75) is 0 Å². The maximum absolute atomic E-state index is 4.86. The SMILES string of the molecule is c1ccc(-c2cc(-c3ccccc3)cc(-c3cc(-c4cccc(-c5cccc(-c6nccc7ccccc67)c5)c4)cc(-c4cc(-c5ccccc5)cc(-c5ccccc5)c4)c3)c2)cc1. The normalized spacial score (nSPS) is 11.1. The second-order valence-electron chi connectivity index (χ2n) is 16.4. The summed E-state index contributed by atoms with van der Waals surface area (Å²) in [5, 5.41) is 2.34. The first kappa shape index (κ1) is 38.5. The molecule has 0 aliphatic rings. The van der Waals surface area contributed by atoms with Gasteiger partial charge in [-0.05, 0) is 167 Å². The van der Waals surface area contributed by atoms with Crippen molar-refractivity contribution < 1.29 is 0 Å². The van der Waals surface area contributed by atoms with Gasteiger partial charge in [-0.15, -0.1) is 0 Å². The molecule has 64 heavy (non-hydrogen) atoms. The molecule has 1 heterocycles. The third-order valence-electron chi connectivity index (χ3n) is 12.2. The van der Waals surface area contributed by atoms with Crippen LogP contribution in [-0.4, -0.2) is 4.98 Å². The number of pyridine rings is 1. The molecule has 0 N–H and O–H groups in total. The Morgan fingerprint density at radius 3 is 0.859 bits per heavy atom. The summed E-state index contributed by atoms with van der Waals surface area (Å²) in [5.41, 5.74) is 20.8. The van der Waals surface area contributed by atoms with E-state index < -0.39 is 0 Å². The van der Waals surface area contributed by atoms with E-state index in [-0.39, 0.29) is 0 Å². The topological polar surface area (TPSA) is 12.9 Å². The Hall–Kier alpha value is -8.39. The molecule has 0 bridgehead atoms. The first-order chi connectivity index (χ1) is 31.7. The van der Waals surface area contributed by atoms with Crippen molar-refractivity contribution in [2.75, 3.05) is 0 Å². The predicted molar refractivity (Wildman–Crippen MR) is 271 cm³/mol. The van der Waals surface area contributed by atoms with Gasteiger partial charge in [0.1, 0.15) is 0 Å². The van der Waals surface area contributed by atoms with E-state index in [1.165, 1.54) is 49.9 Å². The minimum absolute atomic E-state index is 0.994. The number of aromatic nitrogens is 1. The molecule has 11 aromatic rings. The van der Waals surface area contributed by atoms with E-state index in [0.717, 1.165) is 61.2 Å². The highest BCUT2D eigenvalue weighted by molar-refractivity contribution is 5.95. The Balaban J connectivity index is 1.10. The molecule has 0 fully saturated rings. The van der Waals surface area contributed by atoms with Gasteiger partial charge in [0.15, 0.2) is 0 Å². The van der Waals surface area contributed by atoms with Crippen molar-refractivity contribution >= 4 is 10.8 Å². The standard InChI is InChI=1S/C63H43N/c1-5-17-44(18-6-1)53-35-54(45-19-7-2-8-20-45)38-58(37-53)60-41-57(42-61(43-60)59-39-55(46-21-9-3-10-22-46)36-56(40-59)47-23-11-4-12-24-47)51-28-15-26-49(33-51)50-27-16-29-52(34-50)63-62-30-14-13-25-48(62)31-32-64-63/h1-43H. The highest BCUT2D eigenvalue weighted by atomic mass is 14.7. The summed E-state index contributed by atoms with van der Waals surface area (Å²) in [6, 6.07) is 92.4. The second kappa shape index (κ2) is 17.2. The summed E-state index contributed by atoms with van der Waals surface area (Å²) in [7, 11) is 0. The summed E-state index contributed by atoms with van der Waals surface area (Å²) >= 11 is 0. The second-order valence-corrected chi connectivity index (χ2v) is 16.4. The van der Waals surface area contributed by atoms with Gasteiger partial charge in [-0.25, -0.2) is 0 Å². The first-order valence-electron chi connectivity index (χ1n) is 21.9. The summed E-state index contributed by atoms with van der Waals surface area (Å²) < 4.78 is 0. The molecule has 300 valence electrons. The molecular formula is C63H43N. The lowest BCUT2D eigenvalue weighted by molar-refractivity contribution is 1.36. The number of rotatable bonds is 9. The van der Waals surface area contributed by atoms with Crippen LogP contribution in [0, 0.1) is 0 Å². The molecule has 1 nitrogen and oxygen atoms in total. The van der Waals surface area contributed by atoms with Crippen LogP contribution in [0.15, 0.2) is 261 Å². The molecule has 11 rings (SSSR count). The Kier molecular flexibility index (Phi) is 10.3. The average Bonchev–Trinajstić information content (AvgIpc) is 3.39. The first-order valence-corrected chi connectivity index (χ1v) is 21.9. The molecule has 0 amide bonds. The van der Waals surface area contributed by atoms with Crippen LogP contribution in [-0.2, 0) is 0 Å². The Bertz CT molecular complexity index is 3140. The maximum atomic E-state index is 4.86. The number of hydrogen-bond acceptors (Lipinski definition) is 1. The van der Waals surface area contributed by atoms with Crippen LogP contribution in [0.5, 0.6) is 0 Å². The van der Waals surface area contributed by atoms with E-state index in [4.69, 9.17) is 4.98 Å². The number of fused-ring (bicyclic) bond motifs is 1. The fraction of sp³-hybridized carbons (Fsp3) is 0. The Labute approximate surface area is 375 Å². The quantitative estimate of drug-likeness (QED) is 0.141. The monoisotopic (exact) mass is 813 g/mol. The third-order valence-corrected chi connectivity index (χ3v) is 12.2. The largest absolute Gasteiger partial charge is 0.256 e. The fourth-order valence-electron chi connectivity index (χ4n) is 8.98. The highest BCUT2D eigenvalue weighted by Crippen LogP contribution is 2.41. The lowest BCUT2D eigenvalue weighted by Gasteiger charge is -2.16. The van der Waals surface area contributed by atoms with Gasteiger partial charge in [0, 0.05) is 17.1 Å². The van der Waals surface area contributed by atoms with Crippen LogP contribution in [0.25, 0.3) is 111 Å². The van der Waals surface area contributed by atoms with Crippen molar-refractivity contribution in [1.82, 2.24) is 4.98 Å². The molecule has 0 radical (unpaired) electrons. The van der Waals surface area contributed by atoms with Gasteiger partial charge >= 0.3 is 0 Å². The van der Waals surface area contributed by atoms with Crippen molar-refractivity contribution in [2.24, 2.45) is 0 Å². The van der Waals surface area contributed by atoms with Crippen LogP contribution in [0.2, 0.25) is 0 Å². The van der Waals surface area contributed by atoms with Gasteiger partial charge in [0.2, 0.25) is 0 Å². The predicted octanol–water partition coefficient (Wildman–Crippen LogP) is 17.2. The zero-order valence-corrected chi connectivity index (χ0v) is 35.3. The molecule has 0 aliphatic heterocycles. The highest BCUT2D eigenvalue weighted by Gasteiger charge is 2.15. The van der Waals surface area contributed by atoms with Crippen LogP contribution in [0.4, 0.5) is 0 Å². The lowest BCUT2D eigenvalue weighted by Crippen LogP contribution is -1.91. The minimum atomic E-state index is 0.994. The van der Waals surface area contributed by atoms with Crippen molar-refractivity contribution in [3.05, 3.63) is 261 Å². The number of hydrogen-bond donors (Lipinski definition) is 0.